The van der Waals surface area contributed by atoms with Crippen molar-refractivity contribution in [2.24, 2.45) is 0 Å². The molecule has 0 atom stereocenters. The van der Waals surface area contributed by atoms with Crippen molar-refractivity contribution in [2.75, 3.05) is 34.8 Å². The number of halogens is 5. The van der Waals surface area contributed by atoms with Crippen molar-refractivity contribution in [3.63, 3.8) is 0 Å². The lowest BCUT2D eigenvalue weighted by molar-refractivity contribution is -0.140. The van der Waals surface area contributed by atoms with E-state index < -0.39 is 17.6 Å². The molecule has 0 bridgehead atoms. The van der Waals surface area contributed by atoms with Crippen LogP contribution < -0.4 is 10.2 Å². The fourth-order valence-corrected chi connectivity index (χ4v) is 4.78. The predicted octanol–water partition coefficient (Wildman–Crippen LogP) is 6.00. The van der Waals surface area contributed by atoms with E-state index in [-0.39, 0.29) is 22.6 Å². The van der Waals surface area contributed by atoms with Crippen molar-refractivity contribution in [1.29, 1.82) is 0 Å². The first-order valence-corrected chi connectivity index (χ1v) is 12.5. The molecule has 1 aromatic carbocycles. The third-order valence-corrected chi connectivity index (χ3v) is 6.83. The Morgan fingerprint density at radius 1 is 1.18 bits per heavy atom. The average molecular weight is 502 g/mol. The highest BCUT2D eigenvalue weighted by Crippen LogP contribution is 2.34. The molecular weight excluding hydrogens is 478 g/mol. The van der Waals surface area contributed by atoms with Crippen LogP contribution in [0.1, 0.15) is 25.0 Å². The van der Waals surface area contributed by atoms with Crippen molar-refractivity contribution in [3.05, 3.63) is 52.7 Å². The summed E-state index contributed by atoms with van der Waals surface area (Å²) in [5, 5.41) is 3.77. The third kappa shape index (κ3) is 5.73. The Labute approximate surface area is 197 Å². The maximum atomic E-state index is 14.3. The number of rotatable bonds is 4. The number of hydrogen-bond acceptors (Lipinski definition) is 5. The van der Waals surface area contributed by atoms with Crippen LogP contribution in [0, 0.1) is 5.82 Å². The molecule has 1 N–H and O–H groups in total. The largest absolute Gasteiger partial charge is 0.419 e. The van der Waals surface area contributed by atoms with Gasteiger partial charge in [0.25, 0.3) is 0 Å². The van der Waals surface area contributed by atoms with Crippen molar-refractivity contribution < 1.29 is 17.6 Å². The Balaban J connectivity index is 0.00000149. The number of hydrogen-bond donors (Lipinski definition) is 1. The first kappa shape index (κ1) is 25.2. The quantitative estimate of drug-likeness (QED) is 0.270. The van der Waals surface area contributed by atoms with E-state index >= 15 is 0 Å². The number of fused-ring (bicyclic) bond motifs is 1. The van der Waals surface area contributed by atoms with Crippen LogP contribution in [0.4, 0.5) is 29.1 Å². The van der Waals surface area contributed by atoms with Gasteiger partial charge in [-0.15, -0.1) is 0 Å². The molecule has 0 amide bonds. The fourth-order valence-electron chi connectivity index (χ4n) is 3.36. The lowest BCUT2D eigenvalue weighted by atomic mass is 10.1. The Bertz CT molecular complexity index is 1150. The summed E-state index contributed by atoms with van der Waals surface area (Å²) in [6.07, 6.45) is -3.50. The van der Waals surface area contributed by atoms with Crippen molar-refractivity contribution in [2.45, 2.75) is 26.6 Å². The minimum absolute atomic E-state index is 0.123. The molecule has 11 heteroatoms. The summed E-state index contributed by atoms with van der Waals surface area (Å²) in [5.41, 5.74) is -0.356. The van der Waals surface area contributed by atoms with Gasteiger partial charge in [-0.05, 0) is 12.1 Å². The van der Waals surface area contributed by atoms with Crippen LogP contribution in [0.25, 0.3) is 11.0 Å². The van der Waals surface area contributed by atoms with Gasteiger partial charge in [0.05, 0.1) is 16.6 Å². The van der Waals surface area contributed by atoms with Crippen LogP contribution in [0.15, 0.2) is 30.6 Å². The topological polar surface area (TPSA) is 53.9 Å². The van der Waals surface area contributed by atoms with Gasteiger partial charge in [0.15, 0.2) is 10.8 Å². The number of nitrogens with one attached hydrogen (secondary N) is 1. The number of pyridine rings is 1. The van der Waals surface area contributed by atoms with Crippen molar-refractivity contribution in [3.8, 4) is 0 Å². The van der Waals surface area contributed by atoms with E-state index in [9.17, 15) is 17.6 Å². The van der Waals surface area contributed by atoms with Crippen LogP contribution in [0.3, 0.4) is 0 Å². The molecule has 33 heavy (non-hydrogen) atoms. The Morgan fingerprint density at radius 2 is 1.88 bits per heavy atom. The van der Waals surface area contributed by atoms with E-state index in [4.69, 9.17) is 11.6 Å². The summed E-state index contributed by atoms with van der Waals surface area (Å²) >= 11 is 6.38. The Hall–Kier alpha value is -2.46. The Kier molecular flexibility index (Phi) is 8.12. The van der Waals surface area contributed by atoms with Crippen LogP contribution >= 0.6 is 22.1 Å². The van der Waals surface area contributed by atoms with Gasteiger partial charge in [-0.1, -0.05) is 43.5 Å². The Morgan fingerprint density at radius 3 is 2.55 bits per heavy atom. The summed E-state index contributed by atoms with van der Waals surface area (Å²) in [7, 11) is 0.134. The molecule has 3 heterocycles. The van der Waals surface area contributed by atoms with Gasteiger partial charge in [0.1, 0.15) is 18.0 Å². The number of nitrogens with zero attached hydrogens (tertiary/aromatic N) is 4. The number of anilines is 2. The van der Waals surface area contributed by atoms with Gasteiger partial charge in [0, 0.05) is 36.7 Å². The second kappa shape index (κ2) is 10.6. The first-order chi connectivity index (χ1) is 15.7. The van der Waals surface area contributed by atoms with E-state index in [2.05, 4.69) is 31.0 Å². The van der Waals surface area contributed by atoms with Gasteiger partial charge >= 0.3 is 6.18 Å². The molecule has 1 aliphatic rings. The van der Waals surface area contributed by atoms with Crippen LogP contribution in [0.2, 0.25) is 5.15 Å². The molecule has 3 aromatic rings. The van der Waals surface area contributed by atoms with Gasteiger partial charge in [-0.3, -0.25) is 0 Å². The zero-order valence-corrected chi connectivity index (χ0v) is 19.8. The highest BCUT2D eigenvalue weighted by molar-refractivity contribution is 8.14. The van der Waals surface area contributed by atoms with Crippen molar-refractivity contribution >= 4 is 50.5 Å². The monoisotopic (exact) mass is 501 g/mol. The van der Waals surface area contributed by atoms with E-state index in [0.717, 1.165) is 30.3 Å². The standard InChI is InChI=1S/C20H18ClF4N5S.C2H6/c1-31-7-5-30(6-8-31)15-9-13-18(27-11-28-19(13)29-17(15)21)26-10-12-3-2-4-14(16(12)22)20(23,24)25;1-2/h2-4,9,11H,1,5-8,10H2,(H,26,27,28,29);1-2H3. The summed E-state index contributed by atoms with van der Waals surface area (Å²) in [6.45, 7) is 5.41. The molecule has 2 aromatic heterocycles. The van der Waals surface area contributed by atoms with Crippen LogP contribution in [-0.4, -0.2) is 45.4 Å². The summed E-state index contributed by atoms with van der Waals surface area (Å²) < 4.78 is 53.3. The smallest absolute Gasteiger partial charge is 0.367 e. The summed E-state index contributed by atoms with van der Waals surface area (Å²) in [4.78, 5) is 14.8. The number of alkyl halides is 3. The molecule has 0 aliphatic carbocycles. The molecule has 0 unspecified atom stereocenters. The fraction of sp³-hybridized carbons (Fsp3) is 0.364. The van der Waals surface area contributed by atoms with Crippen LogP contribution in [-0.2, 0) is 12.7 Å². The second-order valence-electron chi connectivity index (χ2n) is 7.03. The van der Waals surface area contributed by atoms with Crippen LogP contribution in [0.5, 0.6) is 0 Å². The third-order valence-electron chi connectivity index (χ3n) is 5.03. The molecule has 1 fully saturated rings. The number of aromatic nitrogens is 3. The SMILES string of the molecule is C=S1CCN(c2cc3c(NCc4cccc(C(F)(F)F)c4F)ncnc3nc2Cl)CC1.CC. The first-order valence-electron chi connectivity index (χ1n) is 10.4. The van der Waals surface area contributed by atoms with Crippen molar-refractivity contribution in [1.82, 2.24) is 15.0 Å². The normalized spacial score (nSPS) is 14.7. The molecule has 1 saturated heterocycles. The number of benzene rings is 1. The molecule has 0 radical (unpaired) electrons. The molecule has 178 valence electrons. The maximum Gasteiger partial charge on any atom is 0.419 e. The molecule has 0 spiro atoms. The van der Waals surface area contributed by atoms with E-state index in [1.807, 2.05) is 19.9 Å². The summed E-state index contributed by atoms with van der Waals surface area (Å²) in [6, 6.07) is 4.99. The summed E-state index contributed by atoms with van der Waals surface area (Å²) in [5.74, 6) is 5.06. The van der Waals surface area contributed by atoms with Gasteiger partial charge in [0.2, 0.25) is 0 Å². The minimum Gasteiger partial charge on any atom is -0.367 e. The minimum atomic E-state index is -4.76. The van der Waals surface area contributed by atoms with Gasteiger partial charge < -0.3 is 10.2 Å². The van der Waals surface area contributed by atoms with Gasteiger partial charge in [-0.25, -0.2) is 19.3 Å². The molecular formula is C22H24ClF4N5S. The van der Waals surface area contributed by atoms with E-state index in [0.29, 0.717) is 28.1 Å². The van der Waals surface area contributed by atoms with E-state index in [1.165, 1.54) is 18.5 Å². The zero-order valence-electron chi connectivity index (χ0n) is 18.2. The zero-order chi connectivity index (χ0) is 24.2. The predicted molar refractivity (Wildman–Crippen MR) is 129 cm³/mol. The van der Waals surface area contributed by atoms with E-state index in [1.54, 1.807) is 0 Å². The molecule has 5 nitrogen and oxygen atoms in total. The maximum absolute atomic E-state index is 14.3. The molecule has 4 rings (SSSR count). The highest BCUT2D eigenvalue weighted by atomic mass is 35.5. The second-order valence-corrected chi connectivity index (χ2v) is 9.43. The highest BCUT2D eigenvalue weighted by Gasteiger charge is 2.34. The molecule has 1 aliphatic heterocycles. The van der Waals surface area contributed by atoms with Gasteiger partial charge in [-0.2, -0.15) is 23.7 Å². The average Bonchev–Trinajstić information content (AvgIpc) is 2.79. The lowest BCUT2D eigenvalue weighted by Crippen LogP contribution is -2.33. The molecule has 0 saturated carbocycles. The lowest BCUT2D eigenvalue weighted by Gasteiger charge is -2.31.